The van der Waals surface area contributed by atoms with E-state index in [1.807, 2.05) is 12.1 Å². The Hall–Kier alpha value is -2.30. The molecule has 4 heteroatoms. The first-order valence-corrected chi connectivity index (χ1v) is 8.33. The summed E-state index contributed by atoms with van der Waals surface area (Å²) in [5.41, 5.74) is 3.74. The Balaban J connectivity index is 1.45. The van der Waals surface area contributed by atoms with Gasteiger partial charge in [-0.3, -0.25) is 0 Å². The van der Waals surface area contributed by atoms with Gasteiger partial charge >= 0.3 is 0 Å². The van der Waals surface area contributed by atoms with E-state index in [0.29, 0.717) is 13.2 Å². The topological polar surface area (TPSA) is 46.3 Å². The van der Waals surface area contributed by atoms with Gasteiger partial charge in [-0.1, -0.05) is 30.3 Å². The van der Waals surface area contributed by atoms with E-state index in [-0.39, 0.29) is 5.54 Å². The van der Waals surface area contributed by atoms with Crippen LogP contribution in [0.25, 0.3) is 10.9 Å². The number of H-pyrrole nitrogens is 1. The van der Waals surface area contributed by atoms with E-state index in [9.17, 15) is 0 Å². The van der Waals surface area contributed by atoms with Crippen LogP contribution in [-0.4, -0.2) is 31.9 Å². The van der Waals surface area contributed by atoms with Gasteiger partial charge in [0, 0.05) is 23.6 Å². The first kappa shape index (κ1) is 15.2. The van der Waals surface area contributed by atoms with Crippen LogP contribution in [0.2, 0.25) is 0 Å². The molecule has 24 heavy (non-hydrogen) atoms. The van der Waals surface area contributed by atoms with Gasteiger partial charge in [0.2, 0.25) is 0 Å². The van der Waals surface area contributed by atoms with Crippen molar-refractivity contribution in [3.63, 3.8) is 0 Å². The number of hydrogen-bond acceptors (Lipinski definition) is 3. The van der Waals surface area contributed by atoms with Crippen LogP contribution >= 0.6 is 0 Å². The van der Waals surface area contributed by atoms with E-state index in [0.717, 1.165) is 18.7 Å². The van der Waals surface area contributed by atoms with E-state index in [1.165, 1.54) is 22.0 Å². The molecule has 1 aliphatic heterocycles. The van der Waals surface area contributed by atoms with E-state index in [4.69, 9.17) is 9.47 Å². The van der Waals surface area contributed by atoms with E-state index in [2.05, 4.69) is 52.9 Å². The lowest BCUT2D eigenvalue weighted by Crippen LogP contribution is -2.57. The highest BCUT2D eigenvalue weighted by Crippen LogP contribution is 2.31. The summed E-state index contributed by atoms with van der Waals surface area (Å²) in [5, 5.41) is 5.02. The maximum absolute atomic E-state index is 5.51. The standard InChI is InChI=1S/C20H22N2O2/c1-23-17-8-6-16(7-9-17)20(13-24-14-20)22-11-10-15-12-21-19-5-3-2-4-18(15)19/h2-9,12,21-22H,10-11,13-14H2,1H3. The Morgan fingerprint density at radius 1 is 1.12 bits per heavy atom. The van der Waals surface area contributed by atoms with Crippen molar-refractivity contribution in [3.8, 4) is 5.75 Å². The fraction of sp³-hybridized carbons (Fsp3) is 0.300. The van der Waals surface area contributed by atoms with Crippen LogP contribution < -0.4 is 10.1 Å². The van der Waals surface area contributed by atoms with Crippen molar-refractivity contribution < 1.29 is 9.47 Å². The van der Waals surface area contributed by atoms with E-state index >= 15 is 0 Å². The van der Waals surface area contributed by atoms with Crippen LogP contribution in [0.15, 0.2) is 54.7 Å². The van der Waals surface area contributed by atoms with Gasteiger partial charge in [0.05, 0.1) is 25.9 Å². The molecule has 0 unspecified atom stereocenters. The van der Waals surface area contributed by atoms with Gasteiger partial charge in [0.15, 0.2) is 0 Å². The third kappa shape index (κ3) is 2.68. The molecule has 0 radical (unpaired) electrons. The third-order valence-corrected chi connectivity index (χ3v) is 4.87. The molecule has 4 nitrogen and oxygen atoms in total. The van der Waals surface area contributed by atoms with Gasteiger partial charge in [0.1, 0.15) is 5.75 Å². The van der Waals surface area contributed by atoms with Crippen molar-refractivity contribution in [3.05, 3.63) is 65.9 Å². The third-order valence-electron chi connectivity index (χ3n) is 4.87. The maximum atomic E-state index is 5.51. The highest BCUT2D eigenvalue weighted by Gasteiger charge is 2.39. The number of para-hydroxylation sites is 1. The normalized spacial score (nSPS) is 16.0. The fourth-order valence-corrected chi connectivity index (χ4v) is 3.36. The van der Waals surface area contributed by atoms with Gasteiger partial charge in [-0.05, 0) is 35.7 Å². The first-order chi connectivity index (χ1) is 11.8. The monoisotopic (exact) mass is 322 g/mol. The summed E-state index contributed by atoms with van der Waals surface area (Å²) in [6.45, 7) is 2.34. The Kier molecular flexibility index (Phi) is 4.00. The molecule has 1 aromatic heterocycles. The molecule has 0 spiro atoms. The number of methoxy groups -OCH3 is 1. The predicted molar refractivity (Wildman–Crippen MR) is 95.5 cm³/mol. The lowest BCUT2D eigenvalue weighted by atomic mass is 9.87. The van der Waals surface area contributed by atoms with E-state index in [1.54, 1.807) is 7.11 Å². The quantitative estimate of drug-likeness (QED) is 0.732. The van der Waals surface area contributed by atoms with Crippen molar-refractivity contribution >= 4 is 10.9 Å². The SMILES string of the molecule is COc1ccc(C2(NCCc3c[nH]c4ccccc34)COC2)cc1. The van der Waals surface area contributed by atoms with Crippen molar-refractivity contribution in [2.45, 2.75) is 12.0 Å². The van der Waals surface area contributed by atoms with Gasteiger partial charge < -0.3 is 19.8 Å². The summed E-state index contributed by atoms with van der Waals surface area (Å²) in [6, 6.07) is 16.7. The molecule has 0 saturated carbocycles. The Labute approximate surface area is 141 Å². The fourth-order valence-electron chi connectivity index (χ4n) is 3.36. The number of hydrogen-bond donors (Lipinski definition) is 2. The van der Waals surface area contributed by atoms with Gasteiger partial charge in [-0.2, -0.15) is 0 Å². The molecule has 124 valence electrons. The Morgan fingerprint density at radius 2 is 1.92 bits per heavy atom. The summed E-state index contributed by atoms with van der Waals surface area (Å²) in [5.74, 6) is 0.882. The number of rotatable bonds is 6. The lowest BCUT2D eigenvalue weighted by molar-refractivity contribution is -0.0782. The minimum Gasteiger partial charge on any atom is -0.497 e. The molecule has 0 aliphatic carbocycles. The molecule has 1 saturated heterocycles. The molecule has 1 aliphatic rings. The average molecular weight is 322 g/mol. The van der Waals surface area contributed by atoms with E-state index < -0.39 is 0 Å². The molecular formula is C20H22N2O2. The summed E-state index contributed by atoms with van der Waals surface area (Å²) >= 11 is 0. The number of nitrogens with one attached hydrogen (secondary N) is 2. The average Bonchev–Trinajstić information content (AvgIpc) is 3.01. The smallest absolute Gasteiger partial charge is 0.118 e. The van der Waals surface area contributed by atoms with Crippen LogP contribution in [0.5, 0.6) is 5.75 Å². The second-order valence-corrected chi connectivity index (χ2v) is 6.34. The molecular weight excluding hydrogens is 300 g/mol. The van der Waals surface area contributed by atoms with Gasteiger partial charge in [-0.25, -0.2) is 0 Å². The molecule has 0 amide bonds. The van der Waals surface area contributed by atoms with Crippen LogP contribution in [0.1, 0.15) is 11.1 Å². The highest BCUT2D eigenvalue weighted by molar-refractivity contribution is 5.83. The largest absolute Gasteiger partial charge is 0.497 e. The second kappa shape index (κ2) is 6.30. The Morgan fingerprint density at radius 3 is 2.62 bits per heavy atom. The van der Waals surface area contributed by atoms with Crippen molar-refractivity contribution in [2.24, 2.45) is 0 Å². The van der Waals surface area contributed by atoms with Crippen LogP contribution in [0.3, 0.4) is 0 Å². The number of aromatic nitrogens is 1. The minimum absolute atomic E-state index is 0.0710. The zero-order chi connectivity index (χ0) is 16.4. The van der Waals surface area contributed by atoms with Gasteiger partial charge in [-0.15, -0.1) is 0 Å². The molecule has 3 aromatic rings. The minimum atomic E-state index is -0.0710. The summed E-state index contributed by atoms with van der Waals surface area (Å²) in [4.78, 5) is 3.34. The molecule has 4 rings (SSSR count). The first-order valence-electron chi connectivity index (χ1n) is 8.33. The summed E-state index contributed by atoms with van der Waals surface area (Å²) in [7, 11) is 1.69. The predicted octanol–water partition coefficient (Wildman–Crippen LogP) is 3.23. The number of fused-ring (bicyclic) bond motifs is 1. The molecule has 2 aromatic carbocycles. The maximum Gasteiger partial charge on any atom is 0.118 e. The molecule has 0 bridgehead atoms. The summed E-state index contributed by atoms with van der Waals surface area (Å²) in [6.07, 6.45) is 3.10. The van der Waals surface area contributed by atoms with Crippen molar-refractivity contribution in [1.29, 1.82) is 0 Å². The Bertz CT molecular complexity index is 819. The van der Waals surface area contributed by atoms with Crippen molar-refractivity contribution in [2.75, 3.05) is 26.9 Å². The lowest BCUT2D eigenvalue weighted by Gasteiger charge is -2.43. The second-order valence-electron chi connectivity index (χ2n) is 6.34. The van der Waals surface area contributed by atoms with Crippen LogP contribution in [0, 0.1) is 0 Å². The summed E-state index contributed by atoms with van der Waals surface area (Å²) < 4.78 is 10.8. The highest BCUT2D eigenvalue weighted by atomic mass is 16.5. The molecule has 2 heterocycles. The van der Waals surface area contributed by atoms with Crippen molar-refractivity contribution in [1.82, 2.24) is 10.3 Å². The molecule has 0 atom stereocenters. The zero-order valence-corrected chi connectivity index (χ0v) is 13.8. The number of benzene rings is 2. The number of aromatic amines is 1. The van der Waals surface area contributed by atoms with Gasteiger partial charge in [0.25, 0.3) is 0 Å². The number of ether oxygens (including phenoxy) is 2. The van der Waals surface area contributed by atoms with Crippen LogP contribution in [0.4, 0.5) is 0 Å². The molecule has 1 fully saturated rings. The zero-order valence-electron chi connectivity index (χ0n) is 13.8. The van der Waals surface area contributed by atoms with Crippen LogP contribution in [-0.2, 0) is 16.7 Å². The molecule has 2 N–H and O–H groups in total.